The van der Waals surface area contributed by atoms with Crippen molar-refractivity contribution in [2.75, 3.05) is 83.1 Å². The highest BCUT2D eigenvalue weighted by molar-refractivity contribution is 5.84. The van der Waals surface area contributed by atoms with E-state index in [2.05, 4.69) is 35.1 Å². The van der Waals surface area contributed by atoms with Crippen LogP contribution in [-0.2, 0) is 9.47 Å². The standard InChI is InChI=1S/C28H33F2N9O4/c1-40-21-5-2-4-20-23(21)33-25(24(29)30)39(20)28-35-26(34-27(36-28)38-11-16-42-17-12-38)32-19-6-7-31-22(18-19)43-13-3-8-37-9-14-41-15-10-37/h2,4-7,18,24H,3,8-17H2,1H3,(H,31,32,34,35,36). The monoisotopic (exact) mass is 597 g/mol. The molecule has 2 fully saturated rings. The van der Waals surface area contributed by atoms with Gasteiger partial charge < -0.3 is 29.2 Å². The zero-order valence-corrected chi connectivity index (χ0v) is 23.8. The van der Waals surface area contributed by atoms with E-state index in [-0.39, 0.29) is 17.4 Å². The Morgan fingerprint density at radius 2 is 1.72 bits per heavy atom. The molecule has 6 rings (SSSR count). The molecule has 4 aromatic rings. The maximum Gasteiger partial charge on any atom is 0.296 e. The molecule has 15 heteroatoms. The Morgan fingerprint density at radius 3 is 2.49 bits per heavy atom. The summed E-state index contributed by atoms with van der Waals surface area (Å²) in [6, 6.07) is 8.54. The molecule has 0 amide bonds. The average Bonchev–Trinajstić information content (AvgIpc) is 3.45. The van der Waals surface area contributed by atoms with Crippen LogP contribution in [0.3, 0.4) is 0 Å². The third-order valence-corrected chi connectivity index (χ3v) is 7.16. The number of aromatic nitrogens is 6. The number of rotatable bonds is 11. The number of para-hydroxylation sites is 1. The molecule has 13 nitrogen and oxygen atoms in total. The maximum absolute atomic E-state index is 14.3. The maximum atomic E-state index is 14.3. The second-order valence-corrected chi connectivity index (χ2v) is 9.96. The molecule has 0 unspecified atom stereocenters. The van der Waals surface area contributed by atoms with Crippen LogP contribution in [0.1, 0.15) is 18.7 Å². The lowest BCUT2D eigenvalue weighted by Gasteiger charge is -2.27. The van der Waals surface area contributed by atoms with Crippen LogP contribution in [0.15, 0.2) is 36.5 Å². The third-order valence-electron chi connectivity index (χ3n) is 7.16. The Labute approximate surface area is 246 Å². The average molecular weight is 598 g/mol. The van der Waals surface area contributed by atoms with Gasteiger partial charge in [-0.2, -0.15) is 15.0 Å². The number of methoxy groups -OCH3 is 1. The fourth-order valence-corrected chi connectivity index (χ4v) is 5.01. The summed E-state index contributed by atoms with van der Waals surface area (Å²) in [4.78, 5) is 26.6. The van der Waals surface area contributed by atoms with Crippen molar-refractivity contribution < 1.29 is 27.7 Å². The number of alkyl halides is 2. The van der Waals surface area contributed by atoms with Gasteiger partial charge in [-0.3, -0.25) is 9.47 Å². The van der Waals surface area contributed by atoms with Gasteiger partial charge in [0.2, 0.25) is 23.7 Å². The van der Waals surface area contributed by atoms with Crippen molar-refractivity contribution in [3.8, 4) is 17.6 Å². The van der Waals surface area contributed by atoms with E-state index in [0.717, 1.165) is 39.3 Å². The van der Waals surface area contributed by atoms with Gasteiger partial charge in [-0.15, -0.1) is 0 Å². The molecule has 1 N–H and O–H groups in total. The van der Waals surface area contributed by atoms with E-state index in [1.54, 1.807) is 36.5 Å². The van der Waals surface area contributed by atoms with Crippen LogP contribution in [0.25, 0.3) is 17.0 Å². The van der Waals surface area contributed by atoms with E-state index in [1.807, 2.05) is 4.90 Å². The van der Waals surface area contributed by atoms with E-state index in [4.69, 9.17) is 18.9 Å². The highest BCUT2D eigenvalue weighted by Crippen LogP contribution is 2.32. The summed E-state index contributed by atoms with van der Waals surface area (Å²) >= 11 is 0. The first-order valence-corrected chi connectivity index (χ1v) is 14.2. The van der Waals surface area contributed by atoms with Crippen molar-refractivity contribution in [1.82, 2.24) is 34.4 Å². The highest BCUT2D eigenvalue weighted by atomic mass is 19.3. The van der Waals surface area contributed by atoms with Crippen molar-refractivity contribution in [3.05, 3.63) is 42.4 Å². The fourth-order valence-electron chi connectivity index (χ4n) is 5.01. The van der Waals surface area contributed by atoms with Gasteiger partial charge in [0.05, 0.1) is 45.7 Å². The number of anilines is 3. The number of hydrogen-bond donors (Lipinski definition) is 1. The summed E-state index contributed by atoms with van der Waals surface area (Å²) in [6.45, 7) is 6.89. The van der Waals surface area contributed by atoms with Crippen molar-refractivity contribution >= 4 is 28.6 Å². The molecular formula is C28H33F2N9O4. The Morgan fingerprint density at radius 1 is 0.953 bits per heavy atom. The first kappa shape index (κ1) is 28.9. The van der Waals surface area contributed by atoms with Crippen LogP contribution in [0.4, 0.5) is 26.4 Å². The van der Waals surface area contributed by atoms with E-state index in [9.17, 15) is 8.78 Å². The lowest BCUT2D eigenvalue weighted by Crippen LogP contribution is -2.37. The lowest BCUT2D eigenvalue weighted by molar-refractivity contribution is 0.0357. The molecule has 0 saturated carbocycles. The van der Waals surface area contributed by atoms with Crippen LogP contribution in [0.5, 0.6) is 11.6 Å². The van der Waals surface area contributed by atoms with E-state index < -0.39 is 12.2 Å². The summed E-state index contributed by atoms with van der Waals surface area (Å²) in [5.41, 5.74) is 1.29. The molecule has 5 heterocycles. The zero-order chi connectivity index (χ0) is 29.6. The smallest absolute Gasteiger partial charge is 0.296 e. The number of fused-ring (bicyclic) bond motifs is 1. The fraction of sp³-hybridized carbons (Fsp3) is 0.464. The van der Waals surface area contributed by atoms with Crippen LogP contribution < -0.4 is 19.7 Å². The second-order valence-electron chi connectivity index (χ2n) is 9.96. The van der Waals surface area contributed by atoms with Crippen molar-refractivity contribution in [2.45, 2.75) is 12.8 Å². The molecule has 0 atom stereocenters. The first-order valence-electron chi connectivity index (χ1n) is 14.2. The van der Waals surface area contributed by atoms with Gasteiger partial charge in [0.1, 0.15) is 11.3 Å². The minimum Gasteiger partial charge on any atom is -0.494 e. The van der Waals surface area contributed by atoms with Gasteiger partial charge in [-0.05, 0) is 24.6 Å². The Balaban J connectivity index is 1.28. The minimum absolute atomic E-state index is 0.00122. The Kier molecular flexibility index (Phi) is 9.00. The highest BCUT2D eigenvalue weighted by Gasteiger charge is 2.26. The second kappa shape index (κ2) is 13.4. The lowest BCUT2D eigenvalue weighted by atomic mass is 10.3. The number of nitrogens with zero attached hydrogens (tertiary/aromatic N) is 8. The molecule has 2 aliphatic heterocycles. The molecule has 43 heavy (non-hydrogen) atoms. The quantitative estimate of drug-likeness (QED) is 0.255. The number of halogens is 2. The zero-order valence-electron chi connectivity index (χ0n) is 23.8. The summed E-state index contributed by atoms with van der Waals surface area (Å²) in [6.07, 6.45) is -0.412. The topological polar surface area (TPSA) is 125 Å². The first-order chi connectivity index (χ1) is 21.1. The van der Waals surface area contributed by atoms with Crippen LogP contribution in [-0.4, -0.2) is 107 Å². The van der Waals surface area contributed by atoms with Gasteiger partial charge in [-0.25, -0.2) is 18.7 Å². The van der Waals surface area contributed by atoms with Crippen molar-refractivity contribution in [1.29, 1.82) is 0 Å². The summed E-state index contributed by atoms with van der Waals surface area (Å²) in [5, 5.41) is 3.18. The summed E-state index contributed by atoms with van der Waals surface area (Å²) in [5.74, 6) is 0.811. The summed E-state index contributed by atoms with van der Waals surface area (Å²) < 4.78 is 52.0. The van der Waals surface area contributed by atoms with E-state index in [1.165, 1.54) is 11.7 Å². The number of benzene rings is 1. The number of morpholine rings is 2. The van der Waals surface area contributed by atoms with E-state index >= 15 is 0 Å². The Hall–Kier alpha value is -4.21. The van der Waals surface area contributed by atoms with Crippen molar-refractivity contribution in [2.24, 2.45) is 0 Å². The van der Waals surface area contributed by atoms with Crippen LogP contribution >= 0.6 is 0 Å². The predicted molar refractivity (Wildman–Crippen MR) is 154 cm³/mol. The van der Waals surface area contributed by atoms with Gasteiger partial charge in [0.15, 0.2) is 5.82 Å². The number of hydrogen-bond acceptors (Lipinski definition) is 12. The van der Waals surface area contributed by atoms with Gasteiger partial charge in [-0.1, -0.05) is 6.07 Å². The SMILES string of the molecule is COc1cccc2c1nc(C(F)F)n2-c1nc(Nc2ccnc(OCCCN3CCOCC3)c2)nc(N2CCOCC2)n1. The largest absolute Gasteiger partial charge is 0.494 e. The number of pyridine rings is 1. The Bertz CT molecular complexity index is 1530. The van der Waals surface area contributed by atoms with E-state index in [0.29, 0.717) is 61.7 Å². The number of nitrogens with one attached hydrogen (secondary N) is 1. The van der Waals surface area contributed by atoms with Gasteiger partial charge >= 0.3 is 0 Å². The molecule has 228 valence electrons. The third kappa shape index (κ3) is 6.73. The summed E-state index contributed by atoms with van der Waals surface area (Å²) in [7, 11) is 1.47. The molecule has 0 radical (unpaired) electrons. The molecule has 0 spiro atoms. The molecule has 0 aliphatic carbocycles. The van der Waals surface area contributed by atoms with Gasteiger partial charge in [0, 0.05) is 50.7 Å². The number of imidazole rings is 1. The number of ether oxygens (including phenoxy) is 4. The van der Waals surface area contributed by atoms with Crippen molar-refractivity contribution in [3.63, 3.8) is 0 Å². The molecule has 3 aromatic heterocycles. The minimum atomic E-state index is -2.89. The van der Waals surface area contributed by atoms with Crippen LogP contribution in [0.2, 0.25) is 0 Å². The molecule has 2 aliphatic rings. The molecular weight excluding hydrogens is 564 g/mol. The van der Waals surface area contributed by atoms with Crippen LogP contribution in [0, 0.1) is 0 Å². The molecule has 0 bridgehead atoms. The van der Waals surface area contributed by atoms with Gasteiger partial charge in [0.25, 0.3) is 6.43 Å². The predicted octanol–water partition coefficient (Wildman–Crippen LogP) is 3.23. The molecule has 1 aromatic carbocycles. The molecule has 2 saturated heterocycles. The normalized spacial score (nSPS) is 16.1.